The van der Waals surface area contributed by atoms with Gasteiger partial charge in [-0.15, -0.1) is 0 Å². The molecule has 18 heavy (non-hydrogen) atoms. The molecule has 0 rings (SSSR count). The lowest BCUT2D eigenvalue weighted by Crippen LogP contribution is -2.26. The van der Waals surface area contributed by atoms with Crippen LogP contribution in [0.2, 0.25) is 0 Å². The summed E-state index contributed by atoms with van der Waals surface area (Å²) >= 11 is 0. The summed E-state index contributed by atoms with van der Waals surface area (Å²) in [6, 6.07) is 1.79. The van der Waals surface area contributed by atoms with E-state index >= 15 is 0 Å². The first-order valence-corrected chi connectivity index (χ1v) is 5.93. The molecular weight excluding hydrogens is 234 g/mol. The van der Waals surface area contributed by atoms with Gasteiger partial charge < -0.3 is 15.4 Å². The Hall–Kier alpha value is -2.03. The summed E-state index contributed by atoms with van der Waals surface area (Å²) in [7, 11) is 0. The van der Waals surface area contributed by atoms with E-state index in [2.05, 4.69) is 10.6 Å². The summed E-state index contributed by atoms with van der Waals surface area (Å²) in [6.07, 6.45) is 2.31. The van der Waals surface area contributed by atoms with Crippen LogP contribution in [0.25, 0.3) is 0 Å². The van der Waals surface area contributed by atoms with Gasteiger partial charge in [0.05, 0.1) is 13.0 Å². The number of carbonyl (C=O) groups excluding carboxylic acids is 2. The summed E-state index contributed by atoms with van der Waals surface area (Å²) in [5, 5.41) is 14.1. The third-order valence-corrected chi connectivity index (χ3v) is 1.93. The zero-order valence-corrected chi connectivity index (χ0v) is 10.8. The van der Waals surface area contributed by atoms with Gasteiger partial charge in [0.15, 0.2) is 0 Å². The number of amides is 1. The number of esters is 1. The van der Waals surface area contributed by atoms with Gasteiger partial charge in [-0.2, -0.15) is 5.26 Å². The third-order valence-electron chi connectivity index (χ3n) is 1.93. The second-order valence-corrected chi connectivity index (χ2v) is 3.43. The van der Waals surface area contributed by atoms with Gasteiger partial charge in [0.1, 0.15) is 11.6 Å². The van der Waals surface area contributed by atoms with E-state index in [0.717, 1.165) is 6.42 Å². The highest BCUT2D eigenvalue weighted by Gasteiger charge is 2.07. The van der Waals surface area contributed by atoms with Crippen molar-refractivity contribution >= 4 is 11.9 Å². The van der Waals surface area contributed by atoms with E-state index in [1.807, 2.05) is 6.92 Å². The molecule has 0 saturated carbocycles. The van der Waals surface area contributed by atoms with Gasteiger partial charge in [0, 0.05) is 19.3 Å². The molecule has 0 fully saturated rings. The van der Waals surface area contributed by atoms with E-state index in [9.17, 15) is 9.59 Å². The molecule has 6 heteroatoms. The van der Waals surface area contributed by atoms with Crippen molar-refractivity contribution in [3.8, 4) is 6.07 Å². The van der Waals surface area contributed by atoms with E-state index in [4.69, 9.17) is 10.00 Å². The number of ether oxygens (including phenoxy) is 1. The SMILES string of the molecule is CCCNC(=O)/C(C#N)=C\NCCC(=O)OCC. The topological polar surface area (TPSA) is 91.2 Å². The fraction of sp³-hybridized carbons (Fsp3) is 0.583. The molecule has 0 atom stereocenters. The van der Waals surface area contributed by atoms with E-state index in [-0.39, 0.29) is 18.0 Å². The Bertz CT molecular complexity index is 345. The fourth-order valence-electron chi connectivity index (χ4n) is 1.06. The molecular formula is C12H19N3O3. The maximum atomic E-state index is 11.4. The van der Waals surface area contributed by atoms with Gasteiger partial charge in [-0.3, -0.25) is 9.59 Å². The predicted octanol–water partition coefficient (Wildman–Crippen LogP) is 0.463. The van der Waals surface area contributed by atoms with Gasteiger partial charge in [-0.05, 0) is 13.3 Å². The average molecular weight is 253 g/mol. The number of carbonyl (C=O) groups is 2. The van der Waals surface area contributed by atoms with Gasteiger partial charge >= 0.3 is 5.97 Å². The van der Waals surface area contributed by atoms with Gasteiger partial charge in [0.25, 0.3) is 5.91 Å². The molecule has 0 aliphatic heterocycles. The van der Waals surface area contributed by atoms with Crippen molar-refractivity contribution in [3.05, 3.63) is 11.8 Å². The Kier molecular flexibility index (Phi) is 9.00. The lowest BCUT2D eigenvalue weighted by molar-refractivity contribution is -0.142. The fourth-order valence-corrected chi connectivity index (χ4v) is 1.06. The molecule has 0 unspecified atom stereocenters. The van der Waals surface area contributed by atoms with Gasteiger partial charge in [-0.25, -0.2) is 0 Å². The molecule has 0 aliphatic rings. The molecule has 2 N–H and O–H groups in total. The maximum Gasteiger partial charge on any atom is 0.307 e. The van der Waals surface area contributed by atoms with Crippen molar-refractivity contribution in [3.63, 3.8) is 0 Å². The number of hydrogen-bond acceptors (Lipinski definition) is 5. The second kappa shape index (κ2) is 10.1. The molecule has 0 aromatic rings. The Balaban J connectivity index is 4.02. The summed E-state index contributed by atoms with van der Waals surface area (Å²) in [5.41, 5.74) is -0.00712. The van der Waals surface area contributed by atoms with Crippen molar-refractivity contribution < 1.29 is 14.3 Å². The molecule has 0 bridgehead atoms. The lowest BCUT2D eigenvalue weighted by atomic mass is 10.3. The van der Waals surface area contributed by atoms with Crippen molar-refractivity contribution in [2.45, 2.75) is 26.7 Å². The van der Waals surface area contributed by atoms with Crippen molar-refractivity contribution in [2.75, 3.05) is 19.7 Å². The van der Waals surface area contributed by atoms with E-state index in [1.165, 1.54) is 6.20 Å². The Morgan fingerprint density at radius 1 is 1.33 bits per heavy atom. The Morgan fingerprint density at radius 2 is 2.06 bits per heavy atom. The predicted molar refractivity (Wildman–Crippen MR) is 66.2 cm³/mol. The second-order valence-electron chi connectivity index (χ2n) is 3.43. The summed E-state index contributed by atoms with van der Waals surface area (Å²) in [5.74, 6) is -0.727. The van der Waals surface area contributed by atoms with E-state index in [0.29, 0.717) is 19.7 Å². The Morgan fingerprint density at radius 3 is 2.61 bits per heavy atom. The zero-order chi connectivity index (χ0) is 13.8. The maximum absolute atomic E-state index is 11.4. The molecule has 0 radical (unpaired) electrons. The van der Waals surface area contributed by atoms with Crippen LogP contribution in [-0.4, -0.2) is 31.6 Å². The molecule has 0 spiro atoms. The standard InChI is InChI=1S/C12H19N3O3/c1-3-6-15-12(17)10(8-13)9-14-7-5-11(16)18-4-2/h9,14H,3-7H2,1-2H3,(H,15,17)/b10-9-. The van der Waals surface area contributed by atoms with Crippen LogP contribution in [0.15, 0.2) is 11.8 Å². The minimum absolute atomic E-state index is 0.00712. The van der Waals surface area contributed by atoms with Crippen LogP contribution in [-0.2, 0) is 14.3 Å². The molecule has 0 aromatic heterocycles. The van der Waals surface area contributed by atoms with Crippen LogP contribution < -0.4 is 10.6 Å². The average Bonchev–Trinajstić information content (AvgIpc) is 2.36. The van der Waals surface area contributed by atoms with E-state index < -0.39 is 5.91 Å². The number of rotatable bonds is 8. The van der Waals surface area contributed by atoms with Crippen molar-refractivity contribution in [1.82, 2.24) is 10.6 Å². The highest BCUT2D eigenvalue weighted by molar-refractivity contribution is 5.97. The van der Waals surface area contributed by atoms with Crippen LogP contribution in [0, 0.1) is 11.3 Å². The molecule has 6 nitrogen and oxygen atoms in total. The lowest BCUT2D eigenvalue weighted by Gasteiger charge is -2.04. The quantitative estimate of drug-likeness (QED) is 0.284. The van der Waals surface area contributed by atoms with Crippen molar-refractivity contribution in [1.29, 1.82) is 5.26 Å². The first kappa shape index (κ1) is 16.0. The molecule has 0 heterocycles. The number of nitrogens with zero attached hydrogens (tertiary/aromatic N) is 1. The summed E-state index contributed by atoms with van der Waals surface area (Å²) in [6.45, 7) is 4.86. The third kappa shape index (κ3) is 7.28. The molecule has 100 valence electrons. The van der Waals surface area contributed by atoms with E-state index in [1.54, 1.807) is 13.0 Å². The van der Waals surface area contributed by atoms with Crippen molar-refractivity contribution in [2.24, 2.45) is 0 Å². The molecule has 0 saturated heterocycles. The molecule has 0 aromatic carbocycles. The monoisotopic (exact) mass is 253 g/mol. The normalized spacial score (nSPS) is 10.4. The first-order valence-electron chi connectivity index (χ1n) is 5.93. The number of nitriles is 1. The molecule has 0 aliphatic carbocycles. The highest BCUT2D eigenvalue weighted by atomic mass is 16.5. The van der Waals surface area contributed by atoms with Gasteiger partial charge in [0.2, 0.25) is 0 Å². The number of hydrogen-bond donors (Lipinski definition) is 2. The molecule has 1 amide bonds. The van der Waals surface area contributed by atoms with Crippen LogP contribution >= 0.6 is 0 Å². The highest BCUT2D eigenvalue weighted by Crippen LogP contribution is 1.91. The van der Waals surface area contributed by atoms with Crippen LogP contribution in [0.4, 0.5) is 0 Å². The minimum atomic E-state index is -0.414. The van der Waals surface area contributed by atoms with Crippen LogP contribution in [0.3, 0.4) is 0 Å². The summed E-state index contributed by atoms with van der Waals surface area (Å²) < 4.78 is 4.73. The van der Waals surface area contributed by atoms with Gasteiger partial charge in [-0.1, -0.05) is 6.92 Å². The summed E-state index contributed by atoms with van der Waals surface area (Å²) in [4.78, 5) is 22.4. The Labute approximate surface area is 107 Å². The number of nitrogens with one attached hydrogen (secondary N) is 2. The zero-order valence-electron chi connectivity index (χ0n) is 10.8. The smallest absolute Gasteiger partial charge is 0.307 e. The largest absolute Gasteiger partial charge is 0.466 e. The minimum Gasteiger partial charge on any atom is -0.466 e. The van der Waals surface area contributed by atoms with Crippen LogP contribution in [0.1, 0.15) is 26.7 Å². The van der Waals surface area contributed by atoms with Crippen LogP contribution in [0.5, 0.6) is 0 Å². The first-order chi connectivity index (χ1) is 8.65.